The van der Waals surface area contributed by atoms with Gasteiger partial charge in [0.05, 0.1) is 12.2 Å². The Labute approximate surface area is 95.9 Å². The normalized spacial score (nSPS) is 12.7. The lowest BCUT2D eigenvalue weighted by Gasteiger charge is -2.12. The number of aryl methyl sites for hydroxylation is 1. The van der Waals surface area contributed by atoms with Crippen LogP contribution in [0.2, 0.25) is 0 Å². The van der Waals surface area contributed by atoms with Crippen molar-refractivity contribution in [2.45, 2.75) is 26.4 Å². The van der Waals surface area contributed by atoms with Crippen molar-refractivity contribution in [1.29, 1.82) is 0 Å². The molecule has 2 aromatic heterocycles. The Hall–Kier alpha value is -1.61. The maximum absolute atomic E-state index is 5.91. The van der Waals surface area contributed by atoms with Gasteiger partial charge in [-0.05, 0) is 37.6 Å². The lowest BCUT2D eigenvalue weighted by molar-refractivity contribution is 0.665. The first-order valence-electron chi connectivity index (χ1n) is 5.49. The predicted molar refractivity (Wildman–Crippen MR) is 65.1 cm³/mol. The molecule has 2 aromatic rings. The first-order valence-corrected chi connectivity index (χ1v) is 5.49. The van der Waals surface area contributed by atoms with Gasteiger partial charge in [0.2, 0.25) is 0 Å². The van der Waals surface area contributed by atoms with Crippen LogP contribution >= 0.6 is 0 Å². The van der Waals surface area contributed by atoms with Crippen molar-refractivity contribution in [3.8, 4) is 0 Å². The Bertz CT molecular complexity index is 472. The first-order chi connectivity index (χ1) is 7.68. The second kappa shape index (κ2) is 4.49. The van der Waals surface area contributed by atoms with Crippen LogP contribution in [0, 0.1) is 6.92 Å². The molecule has 0 aliphatic carbocycles. The molecule has 3 heteroatoms. The largest absolute Gasteiger partial charge is 0.344 e. The molecule has 1 unspecified atom stereocenters. The van der Waals surface area contributed by atoms with E-state index in [1.54, 1.807) is 0 Å². The van der Waals surface area contributed by atoms with Gasteiger partial charge in [-0.25, -0.2) is 0 Å². The minimum Gasteiger partial charge on any atom is -0.344 e. The Morgan fingerprint density at radius 2 is 2.19 bits per heavy atom. The highest BCUT2D eigenvalue weighted by molar-refractivity contribution is 5.20. The second-order valence-electron chi connectivity index (χ2n) is 4.12. The molecule has 0 radical (unpaired) electrons. The summed E-state index contributed by atoms with van der Waals surface area (Å²) in [5.41, 5.74) is 9.37. The molecule has 0 fully saturated rings. The summed E-state index contributed by atoms with van der Waals surface area (Å²) in [5.74, 6) is 0. The van der Waals surface area contributed by atoms with Crippen LogP contribution in [0.5, 0.6) is 0 Å². The maximum Gasteiger partial charge on any atom is 0.0648 e. The van der Waals surface area contributed by atoms with Gasteiger partial charge < -0.3 is 10.3 Å². The monoisotopic (exact) mass is 215 g/mol. The number of aromatic nitrogens is 2. The highest BCUT2D eigenvalue weighted by Crippen LogP contribution is 2.13. The first kappa shape index (κ1) is 10.9. The average Bonchev–Trinajstić information content (AvgIpc) is 2.69. The molecular weight excluding hydrogens is 198 g/mol. The molecule has 0 amide bonds. The fourth-order valence-corrected chi connectivity index (χ4v) is 1.83. The number of hydrogen-bond donors (Lipinski definition) is 1. The van der Waals surface area contributed by atoms with E-state index < -0.39 is 0 Å². The third-order valence-corrected chi connectivity index (χ3v) is 2.77. The molecule has 0 saturated carbocycles. The molecule has 2 heterocycles. The third kappa shape index (κ3) is 2.14. The molecule has 84 valence electrons. The van der Waals surface area contributed by atoms with Crippen LogP contribution < -0.4 is 5.73 Å². The summed E-state index contributed by atoms with van der Waals surface area (Å²) in [6, 6.07) is 8.18. The summed E-state index contributed by atoms with van der Waals surface area (Å²) in [4.78, 5) is 4.39. The summed E-state index contributed by atoms with van der Waals surface area (Å²) >= 11 is 0. The topological polar surface area (TPSA) is 43.8 Å². The maximum atomic E-state index is 5.91. The average molecular weight is 215 g/mol. The van der Waals surface area contributed by atoms with Crippen molar-refractivity contribution in [2.75, 3.05) is 0 Å². The van der Waals surface area contributed by atoms with E-state index in [2.05, 4.69) is 28.6 Å². The van der Waals surface area contributed by atoms with Gasteiger partial charge in [-0.2, -0.15) is 0 Å². The van der Waals surface area contributed by atoms with E-state index >= 15 is 0 Å². The van der Waals surface area contributed by atoms with Gasteiger partial charge >= 0.3 is 0 Å². The lowest BCUT2D eigenvalue weighted by atomic mass is 10.2. The Morgan fingerprint density at radius 3 is 2.88 bits per heavy atom. The minimum atomic E-state index is 0.0546. The van der Waals surface area contributed by atoms with Crippen LogP contribution in [0.15, 0.2) is 36.7 Å². The summed E-state index contributed by atoms with van der Waals surface area (Å²) in [5, 5.41) is 0. The Morgan fingerprint density at radius 1 is 1.38 bits per heavy atom. The van der Waals surface area contributed by atoms with E-state index in [1.165, 1.54) is 5.56 Å². The van der Waals surface area contributed by atoms with Gasteiger partial charge in [-0.1, -0.05) is 6.07 Å². The number of hydrogen-bond acceptors (Lipinski definition) is 2. The number of nitrogens with zero attached hydrogens (tertiary/aromatic N) is 2. The minimum absolute atomic E-state index is 0.0546. The molecule has 1 atom stereocenters. The molecule has 2 N–H and O–H groups in total. The second-order valence-corrected chi connectivity index (χ2v) is 4.12. The molecule has 0 aliphatic rings. The SMILES string of the molecule is Cc1cccnc1Cn1cccc1C(C)N. The van der Waals surface area contributed by atoms with Crippen molar-refractivity contribution in [2.24, 2.45) is 5.73 Å². The van der Waals surface area contributed by atoms with E-state index in [-0.39, 0.29) is 6.04 Å². The van der Waals surface area contributed by atoms with Gasteiger partial charge in [0.1, 0.15) is 0 Å². The molecule has 0 aromatic carbocycles. The smallest absolute Gasteiger partial charge is 0.0648 e. The fourth-order valence-electron chi connectivity index (χ4n) is 1.83. The van der Waals surface area contributed by atoms with E-state index in [9.17, 15) is 0 Å². The summed E-state index contributed by atoms with van der Waals surface area (Å²) in [6.07, 6.45) is 3.88. The molecule has 0 saturated heterocycles. The van der Waals surface area contributed by atoms with Gasteiger partial charge in [0, 0.05) is 24.1 Å². The zero-order valence-corrected chi connectivity index (χ0v) is 9.72. The zero-order chi connectivity index (χ0) is 11.5. The molecule has 0 aliphatic heterocycles. The molecular formula is C13H17N3. The predicted octanol–water partition coefficient (Wildman–Crippen LogP) is 2.26. The summed E-state index contributed by atoms with van der Waals surface area (Å²) < 4.78 is 2.15. The molecule has 0 spiro atoms. The highest BCUT2D eigenvalue weighted by atomic mass is 15.0. The van der Waals surface area contributed by atoms with Crippen molar-refractivity contribution in [1.82, 2.24) is 9.55 Å². The van der Waals surface area contributed by atoms with Crippen LogP contribution in [0.3, 0.4) is 0 Å². The van der Waals surface area contributed by atoms with E-state index in [4.69, 9.17) is 5.73 Å². The standard InChI is InChI=1S/C13H17N3/c1-10-5-3-7-15-12(10)9-16-8-4-6-13(16)11(2)14/h3-8,11H,9,14H2,1-2H3. The van der Waals surface area contributed by atoms with Crippen molar-refractivity contribution >= 4 is 0 Å². The lowest BCUT2D eigenvalue weighted by Crippen LogP contribution is -2.13. The summed E-state index contributed by atoms with van der Waals surface area (Å²) in [7, 11) is 0. The van der Waals surface area contributed by atoms with Gasteiger partial charge in [0.15, 0.2) is 0 Å². The van der Waals surface area contributed by atoms with E-state index in [0.29, 0.717) is 0 Å². The van der Waals surface area contributed by atoms with Crippen molar-refractivity contribution in [3.63, 3.8) is 0 Å². The molecule has 3 nitrogen and oxygen atoms in total. The number of rotatable bonds is 3. The molecule has 0 bridgehead atoms. The van der Waals surface area contributed by atoms with Crippen molar-refractivity contribution in [3.05, 3.63) is 53.6 Å². The summed E-state index contributed by atoms with van der Waals surface area (Å²) in [6.45, 7) is 4.87. The number of pyridine rings is 1. The molecule has 2 rings (SSSR count). The van der Waals surface area contributed by atoms with Crippen LogP contribution in [0.25, 0.3) is 0 Å². The Balaban J connectivity index is 2.27. The van der Waals surface area contributed by atoms with Crippen LogP contribution in [-0.2, 0) is 6.54 Å². The number of nitrogens with two attached hydrogens (primary N) is 1. The van der Waals surface area contributed by atoms with Gasteiger partial charge in [-0.15, -0.1) is 0 Å². The zero-order valence-electron chi connectivity index (χ0n) is 9.72. The fraction of sp³-hybridized carbons (Fsp3) is 0.308. The molecule has 16 heavy (non-hydrogen) atoms. The van der Waals surface area contributed by atoms with Crippen LogP contribution in [0.1, 0.15) is 29.9 Å². The van der Waals surface area contributed by atoms with E-state index in [1.807, 2.05) is 31.5 Å². The quantitative estimate of drug-likeness (QED) is 0.853. The van der Waals surface area contributed by atoms with Crippen LogP contribution in [-0.4, -0.2) is 9.55 Å². The highest BCUT2D eigenvalue weighted by Gasteiger charge is 2.07. The third-order valence-electron chi connectivity index (χ3n) is 2.77. The Kier molecular flexibility index (Phi) is 3.06. The van der Waals surface area contributed by atoms with Gasteiger partial charge in [0.25, 0.3) is 0 Å². The van der Waals surface area contributed by atoms with Crippen molar-refractivity contribution < 1.29 is 0 Å². The van der Waals surface area contributed by atoms with Gasteiger partial charge in [-0.3, -0.25) is 4.98 Å². The van der Waals surface area contributed by atoms with Crippen LogP contribution in [0.4, 0.5) is 0 Å². The van der Waals surface area contributed by atoms with E-state index in [0.717, 1.165) is 17.9 Å².